The Hall–Kier alpha value is -1.69. The number of methoxy groups -OCH3 is 1. The normalized spacial score (nSPS) is 18.9. The van der Waals surface area contributed by atoms with E-state index in [2.05, 4.69) is 10.6 Å². The molecule has 0 spiro atoms. The fourth-order valence-corrected chi connectivity index (χ4v) is 2.94. The summed E-state index contributed by atoms with van der Waals surface area (Å²) in [6.07, 6.45) is 0.473. The monoisotopic (exact) mass is 294 g/mol. The van der Waals surface area contributed by atoms with Gasteiger partial charge in [-0.1, -0.05) is 18.2 Å². The predicted octanol–water partition coefficient (Wildman–Crippen LogP) is 0.933. The molecule has 1 saturated heterocycles. The van der Waals surface area contributed by atoms with Crippen LogP contribution in [0.1, 0.15) is 12.0 Å². The molecule has 1 fully saturated rings. The largest absolute Gasteiger partial charge is 0.496 e. The van der Waals surface area contributed by atoms with Crippen molar-refractivity contribution in [1.82, 2.24) is 10.6 Å². The summed E-state index contributed by atoms with van der Waals surface area (Å²) in [6.45, 7) is 0.389. The van der Waals surface area contributed by atoms with Gasteiger partial charge < -0.3 is 15.4 Å². The van der Waals surface area contributed by atoms with Crippen LogP contribution in [0, 0.1) is 0 Å². The number of hydrogen-bond donors (Lipinski definition) is 2. The minimum Gasteiger partial charge on any atom is -0.496 e. The molecule has 0 aromatic heterocycles. The van der Waals surface area contributed by atoms with E-state index in [0.29, 0.717) is 18.7 Å². The summed E-state index contributed by atoms with van der Waals surface area (Å²) in [4.78, 5) is 23.5. The molecule has 1 heterocycles. The highest BCUT2D eigenvalue weighted by Gasteiger charge is 2.23. The quantitative estimate of drug-likeness (QED) is 0.867. The lowest BCUT2D eigenvalue weighted by Gasteiger charge is -2.16. The first-order chi connectivity index (χ1) is 9.70. The summed E-state index contributed by atoms with van der Waals surface area (Å²) in [5, 5.41) is 5.59. The van der Waals surface area contributed by atoms with E-state index >= 15 is 0 Å². The molecule has 1 aromatic rings. The average Bonchev–Trinajstić information content (AvgIpc) is 2.69. The zero-order valence-corrected chi connectivity index (χ0v) is 12.2. The number of hydrogen-bond acceptors (Lipinski definition) is 4. The Labute approximate surface area is 122 Å². The third-order valence-electron chi connectivity index (χ3n) is 3.06. The fourth-order valence-electron chi connectivity index (χ4n) is 1.97. The number of carbonyl (C=O) groups is 2. The maximum absolute atomic E-state index is 12.1. The number of para-hydroxylation sites is 1. The third-order valence-corrected chi connectivity index (χ3v) is 4.12. The molecule has 1 unspecified atom stereocenters. The molecule has 0 bridgehead atoms. The molecule has 20 heavy (non-hydrogen) atoms. The van der Waals surface area contributed by atoms with E-state index < -0.39 is 6.04 Å². The van der Waals surface area contributed by atoms with Gasteiger partial charge >= 0.3 is 0 Å². The maximum Gasteiger partial charge on any atom is 0.243 e. The van der Waals surface area contributed by atoms with Crippen LogP contribution in [-0.4, -0.2) is 36.5 Å². The van der Waals surface area contributed by atoms with Crippen molar-refractivity contribution in [2.75, 3.05) is 18.6 Å². The lowest BCUT2D eigenvalue weighted by Crippen LogP contribution is -2.47. The second-order valence-electron chi connectivity index (χ2n) is 4.47. The van der Waals surface area contributed by atoms with E-state index in [1.807, 2.05) is 24.3 Å². The molecule has 2 N–H and O–H groups in total. The average molecular weight is 294 g/mol. The van der Waals surface area contributed by atoms with E-state index in [0.717, 1.165) is 17.1 Å². The molecule has 6 heteroatoms. The minimum absolute atomic E-state index is 0.0626. The Morgan fingerprint density at radius 2 is 2.30 bits per heavy atom. The van der Waals surface area contributed by atoms with Crippen LogP contribution in [0.5, 0.6) is 5.75 Å². The minimum atomic E-state index is -0.454. The molecular formula is C14H18N2O3S. The summed E-state index contributed by atoms with van der Waals surface area (Å²) in [5.74, 6) is 1.91. The van der Waals surface area contributed by atoms with Crippen LogP contribution < -0.4 is 15.4 Å². The van der Waals surface area contributed by atoms with Crippen molar-refractivity contribution < 1.29 is 14.3 Å². The van der Waals surface area contributed by atoms with Gasteiger partial charge in [0.25, 0.3) is 0 Å². The number of thioether (sulfide) groups is 1. The zero-order valence-electron chi connectivity index (χ0n) is 11.3. The van der Waals surface area contributed by atoms with Crippen molar-refractivity contribution >= 4 is 23.6 Å². The van der Waals surface area contributed by atoms with Crippen LogP contribution in [0.3, 0.4) is 0 Å². The van der Waals surface area contributed by atoms with Gasteiger partial charge in [-0.05, 0) is 6.07 Å². The molecule has 0 aliphatic carbocycles. The smallest absolute Gasteiger partial charge is 0.243 e. The number of carbonyl (C=O) groups excluding carboxylic acids is 2. The summed E-state index contributed by atoms with van der Waals surface area (Å²) in [6, 6.07) is 7.08. The number of amides is 2. The Balaban J connectivity index is 1.92. The topological polar surface area (TPSA) is 67.4 Å². The van der Waals surface area contributed by atoms with Crippen LogP contribution in [0.4, 0.5) is 0 Å². The van der Waals surface area contributed by atoms with Crippen LogP contribution in [0.25, 0.3) is 0 Å². The van der Waals surface area contributed by atoms with E-state index in [1.165, 1.54) is 0 Å². The summed E-state index contributed by atoms with van der Waals surface area (Å²) in [7, 11) is 1.60. The Morgan fingerprint density at radius 3 is 3.10 bits per heavy atom. The van der Waals surface area contributed by atoms with Gasteiger partial charge in [-0.15, -0.1) is 0 Å². The molecule has 0 radical (unpaired) electrons. The standard InChI is InChI=1S/C14H18N2O3S/c1-19-12-5-3-2-4-10(12)8-15-14(18)11-9-20-7-6-13(17)16-11/h2-5,11H,6-9H2,1H3,(H,15,18)(H,16,17). The van der Waals surface area contributed by atoms with Gasteiger partial charge in [-0.3, -0.25) is 9.59 Å². The SMILES string of the molecule is COc1ccccc1CNC(=O)C1CSCCC(=O)N1. The second-order valence-corrected chi connectivity index (χ2v) is 5.62. The summed E-state index contributed by atoms with van der Waals surface area (Å²) >= 11 is 1.62. The van der Waals surface area contributed by atoms with Gasteiger partial charge in [-0.25, -0.2) is 0 Å². The molecule has 108 valence electrons. The molecule has 2 amide bonds. The highest BCUT2D eigenvalue weighted by atomic mass is 32.2. The van der Waals surface area contributed by atoms with Crippen molar-refractivity contribution in [2.45, 2.75) is 19.0 Å². The summed E-state index contributed by atoms with van der Waals surface area (Å²) < 4.78 is 5.24. The van der Waals surface area contributed by atoms with Crippen molar-refractivity contribution in [1.29, 1.82) is 0 Å². The van der Waals surface area contributed by atoms with Crippen molar-refractivity contribution in [3.63, 3.8) is 0 Å². The molecule has 2 rings (SSSR count). The first-order valence-corrected chi connectivity index (χ1v) is 7.63. The Kier molecular flexibility index (Phi) is 5.29. The highest BCUT2D eigenvalue weighted by molar-refractivity contribution is 7.99. The van der Waals surface area contributed by atoms with Crippen molar-refractivity contribution in [2.24, 2.45) is 0 Å². The molecule has 1 atom stereocenters. The predicted molar refractivity (Wildman–Crippen MR) is 78.7 cm³/mol. The van der Waals surface area contributed by atoms with E-state index in [4.69, 9.17) is 4.74 Å². The highest BCUT2D eigenvalue weighted by Crippen LogP contribution is 2.17. The fraction of sp³-hybridized carbons (Fsp3) is 0.429. The van der Waals surface area contributed by atoms with Gasteiger partial charge in [0.15, 0.2) is 0 Å². The van der Waals surface area contributed by atoms with Crippen molar-refractivity contribution in [3.05, 3.63) is 29.8 Å². The maximum atomic E-state index is 12.1. The number of benzene rings is 1. The lowest BCUT2D eigenvalue weighted by atomic mass is 10.2. The first-order valence-electron chi connectivity index (χ1n) is 6.47. The van der Waals surface area contributed by atoms with Crippen LogP contribution in [0.15, 0.2) is 24.3 Å². The van der Waals surface area contributed by atoms with Crippen LogP contribution >= 0.6 is 11.8 Å². The summed E-state index contributed by atoms with van der Waals surface area (Å²) in [5.41, 5.74) is 0.913. The number of rotatable bonds is 4. The van der Waals surface area contributed by atoms with Gasteiger partial charge in [0.2, 0.25) is 11.8 Å². The lowest BCUT2D eigenvalue weighted by molar-refractivity contribution is -0.128. The first kappa shape index (κ1) is 14.7. The van der Waals surface area contributed by atoms with E-state index in [-0.39, 0.29) is 11.8 Å². The van der Waals surface area contributed by atoms with E-state index in [1.54, 1.807) is 18.9 Å². The van der Waals surface area contributed by atoms with Crippen LogP contribution in [0.2, 0.25) is 0 Å². The molecule has 1 aliphatic heterocycles. The molecule has 0 saturated carbocycles. The van der Waals surface area contributed by atoms with Gasteiger partial charge in [0.1, 0.15) is 11.8 Å². The van der Waals surface area contributed by atoms with E-state index in [9.17, 15) is 9.59 Å². The van der Waals surface area contributed by atoms with Crippen molar-refractivity contribution in [3.8, 4) is 5.75 Å². The molecule has 1 aromatic carbocycles. The van der Waals surface area contributed by atoms with Gasteiger partial charge in [-0.2, -0.15) is 11.8 Å². The Morgan fingerprint density at radius 1 is 1.50 bits per heavy atom. The second kappa shape index (κ2) is 7.19. The third kappa shape index (κ3) is 3.90. The molecule has 5 nitrogen and oxygen atoms in total. The number of ether oxygens (including phenoxy) is 1. The molecule has 1 aliphatic rings. The number of nitrogens with one attached hydrogen (secondary N) is 2. The zero-order chi connectivity index (χ0) is 14.4. The Bertz CT molecular complexity index is 493. The van der Waals surface area contributed by atoms with Gasteiger partial charge in [0, 0.05) is 30.0 Å². The van der Waals surface area contributed by atoms with Gasteiger partial charge in [0.05, 0.1) is 7.11 Å². The van der Waals surface area contributed by atoms with Crippen LogP contribution in [-0.2, 0) is 16.1 Å². The molecular weight excluding hydrogens is 276 g/mol.